The van der Waals surface area contributed by atoms with E-state index < -0.39 is 34.3 Å². The smallest absolute Gasteiger partial charge is 0.287 e. The largest absolute Gasteiger partial charge is 0.482 e. The third-order valence-electron chi connectivity index (χ3n) is 5.92. The second kappa shape index (κ2) is 9.77. The van der Waals surface area contributed by atoms with Crippen LogP contribution in [0.4, 0.5) is 8.78 Å². The van der Waals surface area contributed by atoms with Crippen LogP contribution in [0.25, 0.3) is 11.0 Å². The Morgan fingerprint density at radius 2 is 1.97 bits per heavy atom. The number of sulfone groups is 1. The van der Waals surface area contributed by atoms with Crippen molar-refractivity contribution in [2.75, 3.05) is 18.1 Å². The van der Waals surface area contributed by atoms with Gasteiger partial charge in [0.2, 0.25) is 5.88 Å². The van der Waals surface area contributed by atoms with Crippen molar-refractivity contribution < 1.29 is 31.5 Å². The molecule has 3 aromatic rings. The molecule has 36 heavy (non-hydrogen) atoms. The average Bonchev–Trinajstić information content (AvgIpc) is 3.13. The predicted octanol–water partition coefficient (Wildman–Crippen LogP) is 3.46. The summed E-state index contributed by atoms with van der Waals surface area (Å²) in [5, 5.41) is 3.10. The van der Waals surface area contributed by atoms with E-state index in [1.165, 1.54) is 18.3 Å². The van der Waals surface area contributed by atoms with Gasteiger partial charge in [-0.1, -0.05) is 11.6 Å². The third kappa shape index (κ3) is 5.67. The second-order valence-corrected chi connectivity index (χ2v) is 11.6. The maximum absolute atomic E-state index is 13.1. The number of nitrogens with one attached hydrogen (secondary N) is 1. The summed E-state index contributed by atoms with van der Waals surface area (Å²) in [6.45, 7) is 2.63. The summed E-state index contributed by atoms with van der Waals surface area (Å²) < 4.78 is 61.1. The van der Waals surface area contributed by atoms with E-state index in [2.05, 4.69) is 20.3 Å². The SMILES string of the molecule is Cc1nc(Oc2ncc(Cl)cc2OCC(F)F)cc2c1nc(C(=O)NC1(C)CCS(=O)(=O)CC1)n2C. The van der Waals surface area contributed by atoms with Crippen LogP contribution in [-0.4, -0.2) is 63.9 Å². The van der Waals surface area contributed by atoms with Crippen molar-refractivity contribution in [2.24, 2.45) is 7.05 Å². The lowest BCUT2D eigenvalue weighted by atomic mass is 9.95. The van der Waals surface area contributed by atoms with Crippen LogP contribution in [0.5, 0.6) is 17.5 Å². The molecule has 10 nitrogen and oxygen atoms in total. The van der Waals surface area contributed by atoms with Crippen LogP contribution < -0.4 is 14.8 Å². The number of halogens is 3. The highest BCUT2D eigenvalue weighted by atomic mass is 35.5. The van der Waals surface area contributed by atoms with Gasteiger partial charge in [0, 0.05) is 30.9 Å². The van der Waals surface area contributed by atoms with Gasteiger partial charge < -0.3 is 19.4 Å². The number of aromatic nitrogens is 4. The summed E-state index contributed by atoms with van der Waals surface area (Å²) in [6.07, 6.45) is -0.796. The first kappa shape index (κ1) is 26.0. The highest BCUT2D eigenvalue weighted by molar-refractivity contribution is 7.91. The number of hydrogen-bond donors (Lipinski definition) is 1. The molecule has 194 valence electrons. The van der Waals surface area contributed by atoms with Crippen molar-refractivity contribution in [3.05, 3.63) is 34.9 Å². The van der Waals surface area contributed by atoms with E-state index >= 15 is 0 Å². The van der Waals surface area contributed by atoms with Gasteiger partial charge in [0.05, 0.1) is 27.7 Å². The molecule has 0 unspecified atom stereocenters. The Labute approximate surface area is 210 Å². The van der Waals surface area contributed by atoms with E-state index in [0.717, 1.165) is 0 Å². The van der Waals surface area contributed by atoms with E-state index in [1.807, 2.05) is 6.92 Å². The van der Waals surface area contributed by atoms with Crippen LogP contribution in [0.15, 0.2) is 18.3 Å². The molecule has 1 aliphatic heterocycles. The van der Waals surface area contributed by atoms with Gasteiger partial charge in [-0.25, -0.2) is 32.2 Å². The van der Waals surface area contributed by atoms with Crippen molar-refractivity contribution in [3.63, 3.8) is 0 Å². The van der Waals surface area contributed by atoms with Crippen LogP contribution in [-0.2, 0) is 16.9 Å². The number of hydrogen-bond acceptors (Lipinski definition) is 8. The molecule has 4 heterocycles. The van der Waals surface area contributed by atoms with E-state index in [9.17, 15) is 22.0 Å². The summed E-state index contributed by atoms with van der Waals surface area (Å²) in [4.78, 5) is 25.8. The predicted molar refractivity (Wildman–Crippen MR) is 128 cm³/mol. The minimum absolute atomic E-state index is 0.0117. The topological polar surface area (TPSA) is 125 Å². The Kier molecular flexibility index (Phi) is 7.06. The lowest BCUT2D eigenvalue weighted by Crippen LogP contribution is -2.51. The number of pyridine rings is 2. The van der Waals surface area contributed by atoms with Crippen molar-refractivity contribution in [1.82, 2.24) is 24.8 Å². The molecule has 1 N–H and O–H groups in total. The highest BCUT2D eigenvalue weighted by Crippen LogP contribution is 2.33. The third-order valence-corrected chi connectivity index (χ3v) is 7.78. The van der Waals surface area contributed by atoms with Gasteiger partial charge in [0.1, 0.15) is 22.0 Å². The van der Waals surface area contributed by atoms with E-state index in [1.54, 1.807) is 18.5 Å². The number of alkyl halides is 2. The molecule has 4 rings (SSSR count). The zero-order valence-corrected chi connectivity index (χ0v) is 21.3. The van der Waals surface area contributed by atoms with Crippen LogP contribution in [0.3, 0.4) is 0 Å². The van der Waals surface area contributed by atoms with Crippen LogP contribution >= 0.6 is 11.6 Å². The molecule has 0 aliphatic carbocycles. The van der Waals surface area contributed by atoms with Crippen LogP contribution in [0.2, 0.25) is 5.02 Å². The lowest BCUT2D eigenvalue weighted by molar-refractivity contribution is 0.0803. The molecule has 0 saturated carbocycles. The van der Waals surface area contributed by atoms with Gasteiger partial charge in [-0.15, -0.1) is 0 Å². The zero-order chi connectivity index (χ0) is 26.3. The Hall–Kier alpha value is -3.06. The monoisotopic (exact) mass is 543 g/mol. The average molecular weight is 544 g/mol. The van der Waals surface area contributed by atoms with E-state index in [4.69, 9.17) is 21.1 Å². The standard InChI is InChI=1S/C22H24ClF2N5O5S/c1-12-18-14(9-17(27-12)35-21-15(34-11-16(24)25)8-13(23)10-26-21)30(3)19(28-18)20(31)29-22(2)4-6-36(32,33)7-5-22/h8-10,16H,4-7,11H2,1-3H3,(H,29,31). The Bertz CT molecular complexity index is 1420. The molecule has 1 saturated heterocycles. The van der Waals surface area contributed by atoms with Crippen molar-refractivity contribution in [2.45, 2.75) is 38.7 Å². The van der Waals surface area contributed by atoms with Gasteiger partial charge in [-0.05, 0) is 26.7 Å². The first-order valence-corrected chi connectivity index (χ1v) is 13.2. The Morgan fingerprint density at radius 1 is 1.28 bits per heavy atom. The quantitative estimate of drug-likeness (QED) is 0.480. The molecule has 0 atom stereocenters. The summed E-state index contributed by atoms with van der Waals surface area (Å²) in [5.41, 5.74) is 0.778. The molecule has 0 spiro atoms. The van der Waals surface area contributed by atoms with Gasteiger partial charge in [0.25, 0.3) is 18.2 Å². The fraction of sp³-hybridized carbons (Fsp3) is 0.455. The Morgan fingerprint density at radius 3 is 2.64 bits per heavy atom. The molecular formula is C22H24ClF2N5O5S. The number of imidazole rings is 1. The maximum Gasteiger partial charge on any atom is 0.287 e. The van der Waals surface area contributed by atoms with Crippen LogP contribution in [0.1, 0.15) is 36.1 Å². The summed E-state index contributed by atoms with van der Waals surface area (Å²) in [7, 11) is -1.43. The number of ether oxygens (including phenoxy) is 2. The number of fused-ring (bicyclic) bond motifs is 1. The van der Waals surface area contributed by atoms with E-state index in [0.29, 0.717) is 29.6 Å². The number of rotatable bonds is 7. The lowest BCUT2D eigenvalue weighted by Gasteiger charge is -2.34. The number of carbonyl (C=O) groups is 1. The van der Waals surface area contributed by atoms with Crippen molar-refractivity contribution in [3.8, 4) is 17.5 Å². The number of carbonyl (C=O) groups excluding carboxylic acids is 1. The molecule has 1 fully saturated rings. The minimum Gasteiger partial charge on any atom is -0.482 e. The number of amides is 1. The van der Waals surface area contributed by atoms with Crippen molar-refractivity contribution in [1.29, 1.82) is 0 Å². The molecule has 1 amide bonds. The first-order chi connectivity index (χ1) is 16.9. The van der Waals surface area contributed by atoms with Gasteiger partial charge in [-0.3, -0.25) is 4.79 Å². The summed E-state index contributed by atoms with van der Waals surface area (Å²) >= 11 is 5.90. The van der Waals surface area contributed by atoms with Gasteiger partial charge in [-0.2, -0.15) is 0 Å². The van der Waals surface area contributed by atoms with Gasteiger partial charge >= 0.3 is 0 Å². The fourth-order valence-electron chi connectivity index (χ4n) is 3.85. The Balaban J connectivity index is 1.60. The van der Waals surface area contributed by atoms with E-state index in [-0.39, 0.29) is 39.9 Å². The number of nitrogens with zero attached hydrogens (tertiary/aromatic N) is 4. The maximum atomic E-state index is 13.1. The molecular weight excluding hydrogens is 520 g/mol. The van der Waals surface area contributed by atoms with Gasteiger partial charge in [0.15, 0.2) is 11.6 Å². The molecule has 1 aliphatic rings. The fourth-order valence-corrected chi connectivity index (χ4v) is 5.72. The minimum atomic E-state index is -3.09. The highest BCUT2D eigenvalue weighted by Gasteiger charge is 2.35. The van der Waals surface area contributed by atoms with Crippen molar-refractivity contribution >= 4 is 38.4 Å². The second-order valence-electron chi connectivity index (χ2n) is 8.84. The number of aryl methyl sites for hydroxylation is 2. The zero-order valence-electron chi connectivity index (χ0n) is 19.7. The first-order valence-electron chi connectivity index (χ1n) is 11.0. The normalized spacial score (nSPS) is 16.8. The molecule has 3 aromatic heterocycles. The molecule has 0 bridgehead atoms. The molecule has 0 aromatic carbocycles. The molecule has 0 radical (unpaired) electrons. The summed E-state index contributed by atoms with van der Waals surface area (Å²) in [5.74, 6) is -0.403. The molecule has 14 heteroatoms. The summed E-state index contributed by atoms with van der Waals surface area (Å²) in [6, 6.07) is 2.84. The van der Waals surface area contributed by atoms with Crippen LogP contribution in [0, 0.1) is 6.92 Å².